The number of hydrogen-bond acceptors (Lipinski definition) is 1. The van der Waals surface area contributed by atoms with Crippen LogP contribution in [-0.2, 0) is 10.2 Å². The van der Waals surface area contributed by atoms with Crippen molar-refractivity contribution in [2.75, 3.05) is 11.4 Å². The van der Waals surface area contributed by atoms with Crippen molar-refractivity contribution in [2.24, 2.45) is 0 Å². The average Bonchev–Trinajstić information content (AvgIpc) is 2.65. The lowest BCUT2D eigenvalue weighted by atomic mass is 9.75. The van der Waals surface area contributed by atoms with Crippen molar-refractivity contribution in [2.45, 2.75) is 51.9 Å². The van der Waals surface area contributed by atoms with Gasteiger partial charge in [-0.1, -0.05) is 26.7 Å². The zero-order valence-electron chi connectivity index (χ0n) is 12.0. The van der Waals surface area contributed by atoms with E-state index in [1.165, 1.54) is 6.07 Å². The van der Waals surface area contributed by atoms with Gasteiger partial charge >= 0.3 is 0 Å². The van der Waals surface area contributed by atoms with Crippen LogP contribution in [0.1, 0.15) is 52.0 Å². The number of nitrogens with zero attached hydrogens (tertiary/aromatic N) is 1. The predicted molar refractivity (Wildman–Crippen MR) is 75.9 cm³/mol. The molecule has 0 spiro atoms. The monoisotopic (exact) mass is 263 g/mol. The Morgan fingerprint density at radius 2 is 1.95 bits per heavy atom. The number of halogens is 1. The molecular formula is C16H22FNO. The van der Waals surface area contributed by atoms with E-state index in [0.29, 0.717) is 6.54 Å². The first kappa shape index (κ1) is 14.0. The van der Waals surface area contributed by atoms with Gasteiger partial charge < -0.3 is 4.90 Å². The molecule has 1 aliphatic heterocycles. The Morgan fingerprint density at radius 1 is 1.32 bits per heavy atom. The van der Waals surface area contributed by atoms with E-state index in [1.807, 2.05) is 0 Å². The highest BCUT2D eigenvalue weighted by Gasteiger charge is 2.42. The Balaban J connectivity index is 2.53. The molecule has 1 aliphatic rings. The number of benzene rings is 1. The zero-order chi connectivity index (χ0) is 14.0. The SMILES string of the molecule is CCCC1(CCC)CN(C(C)=O)c2ccc(F)cc21. The Hall–Kier alpha value is -1.38. The molecule has 1 aromatic carbocycles. The summed E-state index contributed by atoms with van der Waals surface area (Å²) in [5.41, 5.74) is 1.86. The molecule has 0 bridgehead atoms. The molecule has 0 aromatic heterocycles. The summed E-state index contributed by atoms with van der Waals surface area (Å²) in [7, 11) is 0. The van der Waals surface area contributed by atoms with E-state index < -0.39 is 0 Å². The van der Waals surface area contributed by atoms with Crippen molar-refractivity contribution in [3.05, 3.63) is 29.6 Å². The van der Waals surface area contributed by atoms with Gasteiger partial charge in [0.2, 0.25) is 5.91 Å². The van der Waals surface area contributed by atoms with Crippen LogP contribution in [0.2, 0.25) is 0 Å². The Kier molecular flexibility index (Phi) is 3.93. The third kappa shape index (κ3) is 2.38. The molecule has 3 heteroatoms. The van der Waals surface area contributed by atoms with Crippen molar-refractivity contribution in [3.8, 4) is 0 Å². The predicted octanol–water partition coefficient (Wildman–Crippen LogP) is 4.03. The molecule has 0 unspecified atom stereocenters. The van der Waals surface area contributed by atoms with Crippen molar-refractivity contribution in [1.82, 2.24) is 0 Å². The van der Waals surface area contributed by atoms with E-state index in [9.17, 15) is 9.18 Å². The molecule has 0 N–H and O–H groups in total. The number of fused-ring (bicyclic) bond motifs is 1. The number of rotatable bonds is 4. The molecule has 0 atom stereocenters. The maximum Gasteiger partial charge on any atom is 0.223 e. The molecular weight excluding hydrogens is 241 g/mol. The fourth-order valence-corrected chi connectivity index (χ4v) is 3.43. The smallest absolute Gasteiger partial charge is 0.223 e. The minimum atomic E-state index is -0.208. The van der Waals surface area contributed by atoms with Gasteiger partial charge in [-0.15, -0.1) is 0 Å². The van der Waals surface area contributed by atoms with Gasteiger partial charge in [0.05, 0.1) is 0 Å². The van der Waals surface area contributed by atoms with Gasteiger partial charge in [-0.2, -0.15) is 0 Å². The lowest BCUT2D eigenvalue weighted by Crippen LogP contribution is -2.35. The first-order chi connectivity index (χ1) is 9.04. The van der Waals surface area contributed by atoms with E-state index in [4.69, 9.17) is 0 Å². The summed E-state index contributed by atoms with van der Waals surface area (Å²) in [5, 5.41) is 0. The van der Waals surface area contributed by atoms with Crippen molar-refractivity contribution in [3.63, 3.8) is 0 Å². The lowest BCUT2D eigenvalue weighted by Gasteiger charge is -2.29. The van der Waals surface area contributed by atoms with Crippen molar-refractivity contribution < 1.29 is 9.18 Å². The van der Waals surface area contributed by atoms with Gasteiger partial charge in [0.1, 0.15) is 5.82 Å². The molecule has 1 aromatic rings. The maximum absolute atomic E-state index is 13.6. The van der Waals surface area contributed by atoms with Crippen LogP contribution >= 0.6 is 0 Å². The molecule has 0 saturated heterocycles. The highest BCUT2D eigenvalue weighted by molar-refractivity contribution is 5.94. The number of amides is 1. The van der Waals surface area contributed by atoms with Crippen LogP contribution < -0.4 is 4.90 Å². The fraction of sp³-hybridized carbons (Fsp3) is 0.562. The highest BCUT2D eigenvalue weighted by Crippen LogP contribution is 2.46. The minimum Gasteiger partial charge on any atom is -0.311 e. The number of carbonyl (C=O) groups is 1. The largest absolute Gasteiger partial charge is 0.311 e. The van der Waals surface area contributed by atoms with E-state index in [1.54, 1.807) is 24.0 Å². The minimum absolute atomic E-state index is 0.0435. The van der Waals surface area contributed by atoms with Gasteiger partial charge in [0.25, 0.3) is 0 Å². The van der Waals surface area contributed by atoms with Crippen LogP contribution in [0, 0.1) is 5.82 Å². The molecule has 0 aliphatic carbocycles. The molecule has 0 fully saturated rings. The fourth-order valence-electron chi connectivity index (χ4n) is 3.43. The normalized spacial score (nSPS) is 16.5. The van der Waals surface area contributed by atoms with Crippen LogP contribution in [0.15, 0.2) is 18.2 Å². The van der Waals surface area contributed by atoms with Crippen molar-refractivity contribution in [1.29, 1.82) is 0 Å². The number of carbonyl (C=O) groups excluding carboxylic acids is 1. The van der Waals surface area contributed by atoms with E-state index in [2.05, 4.69) is 13.8 Å². The summed E-state index contributed by atoms with van der Waals surface area (Å²) in [5.74, 6) is -0.164. The molecule has 0 radical (unpaired) electrons. The van der Waals surface area contributed by atoms with Crippen molar-refractivity contribution >= 4 is 11.6 Å². The third-order valence-corrected chi connectivity index (χ3v) is 4.12. The first-order valence-corrected chi connectivity index (χ1v) is 7.12. The molecule has 1 heterocycles. The standard InChI is InChI=1S/C16H22FNO/c1-4-8-16(9-5-2)11-18(12(3)19)15-7-6-13(17)10-14(15)16/h6-7,10H,4-5,8-9,11H2,1-3H3. The highest BCUT2D eigenvalue weighted by atomic mass is 19.1. The second-order valence-electron chi connectivity index (χ2n) is 5.55. The number of anilines is 1. The maximum atomic E-state index is 13.6. The molecule has 0 saturated carbocycles. The zero-order valence-corrected chi connectivity index (χ0v) is 12.0. The average molecular weight is 263 g/mol. The molecule has 19 heavy (non-hydrogen) atoms. The second-order valence-corrected chi connectivity index (χ2v) is 5.55. The van der Waals surface area contributed by atoms with E-state index >= 15 is 0 Å². The van der Waals surface area contributed by atoms with Crippen LogP contribution in [0.25, 0.3) is 0 Å². The van der Waals surface area contributed by atoms with Gasteiger partial charge in [-0.3, -0.25) is 4.79 Å². The lowest BCUT2D eigenvalue weighted by molar-refractivity contribution is -0.116. The first-order valence-electron chi connectivity index (χ1n) is 7.12. The molecule has 2 nitrogen and oxygen atoms in total. The topological polar surface area (TPSA) is 20.3 Å². The summed E-state index contributed by atoms with van der Waals surface area (Å²) in [6.45, 7) is 6.57. The van der Waals surface area contributed by atoms with Crippen LogP contribution in [0.5, 0.6) is 0 Å². The Bertz CT molecular complexity index is 478. The van der Waals surface area contributed by atoms with Crippen LogP contribution in [-0.4, -0.2) is 12.5 Å². The van der Waals surface area contributed by atoms with Gasteiger partial charge in [0.15, 0.2) is 0 Å². The Morgan fingerprint density at radius 3 is 2.47 bits per heavy atom. The molecule has 1 amide bonds. The second kappa shape index (κ2) is 5.32. The van der Waals surface area contributed by atoms with Gasteiger partial charge in [-0.25, -0.2) is 4.39 Å². The third-order valence-electron chi connectivity index (χ3n) is 4.12. The summed E-state index contributed by atoms with van der Waals surface area (Å²) < 4.78 is 13.6. The van der Waals surface area contributed by atoms with E-state index in [-0.39, 0.29) is 17.1 Å². The number of hydrogen-bond donors (Lipinski definition) is 0. The summed E-state index contributed by atoms with van der Waals surface area (Å²) >= 11 is 0. The summed E-state index contributed by atoms with van der Waals surface area (Å²) in [6.07, 6.45) is 4.09. The summed E-state index contributed by atoms with van der Waals surface area (Å²) in [6, 6.07) is 4.82. The Labute approximate surface area is 114 Å². The van der Waals surface area contributed by atoms with Crippen LogP contribution in [0.3, 0.4) is 0 Å². The van der Waals surface area contributed by atoms with E-state index in [0.717, 1.165) is 36.9 Å². The van der Waals surface area contributed by atoms with Gasteiger partial charge in [-0.05, 0) is 36.6 Å². The molecule has 104 valence electrons. The molecule has 2 rings (SSSR count). The van der Waals surface area contributed by atoms with Gasteiger partial charge in [0, 0.05) is 24.6 Å². The quantitative estimate of drug-likeness (QED) is 0.803. The summed E-state index contributed by atoms with van der Waals surface area (Å²) in [4.78, 5) is 13.6. The van der Waals surface area contributed by atoms with Crippen LogP contribution in [0.4, 0.5) is 10.1 Å².